The van der Waals surface area contributed by atoms with E-state index in [0.717, 1.165) is 18.0 Å². The zero-order valence-electron chi connectivity index (χ0n) is 18.4. The fourth-order valence-corrected chi connectivity index (χ4v) is 4.56. The molecule has 0 atom stereocenters. The lowest BCUT2D eigenvalue weighted by molar-refractivity contribution is -0.121. The minimum Gasteiger partial charge on any atom is -0.493 e. The summed E-state index contributed by atoms with van der Waals surface area (Å²) in [5, 5.41) is 11.9. The van der Waals surface area contributed by atoms with Crippen molar-refractivity contribution in [3.63, 3.8) is 0 Å². The van der Waals surface area contributed by atoms with Crippen LogP contribution >= 0.6 is 11.8 Å². The Morgan fingerprint density at radius 1 is 1.30 bits per heavy atom. The predicted octanol–water partition coefficient (Wildman–Crippen LogP) is 3.79. The van der Waals surface area contributed by atoms with E-state index in [-0.39, 0.29) is 11.5 Å². The maximum atomic E-state index is 13.2. The lowest BCUT2D eigenvalue weighted by Crippen LogP contribution is -2.24. The smallest absolute Gasteiger partial charge is 0.283 e. The Kier molecular flexibility index (Phi) is 7.68. The van der Waals surface area contributed by atoms with Gasteiger partial charge in [0.2, 0.25) is 5.91 Å². The number of H-pyrrole nitrogens is 1. The van der Waals surface area contributed by atoms with Crippen molar-refractivity contribution in [2.45, 2.75) is 43.7 Å². The molecule has 2 N–H and O–H groups in total. The molecule has 0 radical (unpaired) electrons. The molecule has 1 saturated carbocycles. The summed E-state index contributed by atoms with van der Waals surface area (Å²) in [6, 6.07) is 11.3. The summed E-state index contributed by atoms with van der Waals surface area (Å²) in [7, 11) is 0. The van der Waals surface area contributed by atoms with Gasteiger partial charge in [-0.2, -0.15) is 5.26 Å². The quantitative estimate of drug-likeness (QED) is 0.253. The van der Waals surface area contributed by atoms with Crippen molar-refractivity contribution < 1.29 is 9.53 Å². The molecule has 1 aliphatic rings. The first-order valence-corrected chi connectivity index (χ1v) is 12.2. The van der Waals surface area contributed by atoms with E-state index in [1.54, 1.807) is 16.8 Å². The second-order valence-electron chi connectivity index (χ2n) is 8.08. The van der Waals surface area contributed by atoms with Crippen molar-refractivity contribution in [1.29, 1.82) is 5.26 Å². The molecular weight excluding hydrogens is 438 g/mol. The van der Waals surface area contributed by atoms with E-state index in [1.165, 1.54) is 31.0 Å². The average molecular weight is 466 g/mol. The van der Waals surface area contributed by atoms with Crippen LogP contribution in [0.25, 0.3) is 16.7 Å². The molecule has 0 saturated heterocycles. The third-order valence-corrected chi connectivity index (χ3v) is 6.72. The van der Waals surface area contributed by atoms with E-state index in [1.807, 2.05) is 30.3 Å². The van der Waals surface area contributed by atoms with Gasteiger partial charge in [-0.25, -0.2) is 4.98 Å². The summed E-state index contributed by atoms with van der Waals surface area (Å²) in [6.07, 6.45) is 6.77. The summed E-state index contributed by atoms with van der Waals surface area (Å²) in [4.78, 5) is 32.7. The highest BCUT2D eigenvalue weighted by atomic mass is 32.2. The van der Waals surface area contributed by atoms with Gasteiger partial charge in [-0.1, -0.05) is 18.2 Å². The monoisotopic (exact) mass is 465 g/mol. The highest BCUT2D eigenvalue weighted by molar-refractivity contribution is 7.99. The maximum Gasteiger partial charge on any atom is 0.283 e. The summed E-state index contributed by atoms with van der Waals surface area (Å²) >= 11 is 1.45. The molecule has 2 aromatic heterocycles. The molecule has 172 valence electrons. The summed E-state index contributed by atoms with van der Waals surface area (Å²) < 4.78 is 7.49. The van der Waals surface area contributed by atoms with Crippen LogP contribution in [0.15, 0.2) is 46.5 Å². The van der Waals surface area contributed by atoms with E-state index in [2.05, 4.69) is 15.3 Å². The van der Waals surface area contributed by atoms with Crippen molar-refractivity contribution >= 4 is 28.7 Å². The standard InChI is InChI=1S/C24H27N5O3S/c25-12-3-13-26-21(30)6-2-15-33-24-28-20-11-14-27-22(20)23(31)29(24)18-7-9-19(10-8-18)32-16-17-4-1-5-17/h7-11,14,17,27H,1-6,13,15-16H2,(H,26,30). The molecule has 4 rings (SSSR count). The van der Waals surface area contributed by atoms with Crippen molar-refractivity contribution in [3.8, 4) is 17.5 Å². The lowest BCUT2D eigenvalue weighted by atomic mass is 9.86. The van der Waals surface area contributed by atoms with Crippen LogP contribution in [0.3, 0.4) is 0 Å². The number of aromatic amines is 1. The minimum atomic E-state index is -0.162. The molecule has 1 fully saturated rings. The predicted molar refractivity (Wildman–Crippen MR) is 128 cm³/mol. The second kappa shape index (κ2) is 11.1. The Morgan fingerprint density at radius 2 is 2.12 bits per heavy atom. The van der Waals surface area contributed by atoms with E-state index in [4.69, 9.17) is 10.00 Å². The van der Waals surface area contributed by atoms with E-state index in [9.17, 15) is 9.59 Å². The normalized spacial score (nSPS) is 13.4. The van der Waals surface area contributed by atoms with Crippen LogP contribution in [0.4, 0.5) is 0 Å². The number of benzene rings is 1. The number of aromatic nitrogens is 3. The van der Waals surface area contributed by atoms with Gasteiger partial charge in [0.25, 0.3) is 5.56 Å². The lowest BCUT2D eigenvalue weighted by Gasteiger charge is -2.25. The van der Waals surface area contributed by atoms with E-state index in [0.29, 0.717) is 53.7 Å². The van der Waals surface area contributed by atoms with Gasteiger partial charge in [-0.3, -0.25) is 14.2 Å². The molecule has 2 heterocycles. The molecule has 1 aromatic carbocycles. The fraction of sp³-hybridized carbons (Fsp3) is 0.417. The number of amides is 1. The van der Waals surface area contributed by atoms with Gasteiger partial charge in [0.15, 0.2) is 5.16 Å². The number of rotatable bonds is 11. The summed E-state index contributed by atoms with van der Waals surface area (Å²) in [5.74, 6) is 2.01. The van der Waals surface area contributed by atoms with Gasteiger partial charge in [-0.05, 0) is 55.5 Å². The van der Waals surface area contributed by atoms with Crippen LogP contribution in [0.5, 0.6) is 5.75 Å². The first kappa shape index (κ1) is 22.9. The SMILES string of the molecule is N#CCCNC(=O)CCCSc1nc2cc[nH]c2c(=O)n1-c1ccc(OCC2CCC2)cc1. The van der Waals surface area contributed by atoms with Crippen LogP contribution in [0.1, 0.15) is 38.5 Å². The zero-order chi connectivity index (χ0) is 23.0. The van der Waals surface area contributed by atoms with Crippen LogP contribution < -0.4 is 15.6 Å². The van der Waals surface area contributed by atoms with Gasteiger partial charge >= 0.3 is 0 Å². The van der Waals surface area contributed by atoms with E-state index >= 15 is 0 Å². The molecule has 3 aromatic rings. The minimum absolute atomic E-state index is 0.0743. The number of carbonyl (C=O) groups is 1. The third kappa shape index (κ3) is 5.76. The van der Waals surface area contributed by atoms with Crippen molar-refractivity contribution in [3.05, 3.63) is 46.9 Å². The third-order valence-electron chi connectivity index (χ3n) is 5.69. The number of fused-ring (bicyclic) bond motifs is 1. The molecule has 9 heteroatoms. The molecular formula is C24H27N5O3S. The number of hydrogen-bond acceptors (Lipinski definition) is 6. The van der Waals surface area contributed by atoms with Gasteiger partial charge in [0, 0.05) is 24.9 Å². The van der Waals surface area contributed by atoms with Crippen LogP contribution in [-0.4, -0.2) is 39.3 Å². The number of nitrogens with zero attached hydrogens (tertiary/aromatic N) is 3. The summed E-state index contributed by atoms with van der Waals surface area (Å²) in [5.41, 5.74) is 1.64. The van der Waals surface area contributed by atoms with Gasteiger partial charge in [-0.15, -0.1) is 0 Å². The highest BCUT2D eigenvalue weighted by Gasteiger charge is 2.18. The second-order valence-corrected chi connectivity index (χ2v) is 9.15. The molecule has 1 amide bonds. The number of carbonyl (C=O) groups excluding carboxylic acids is 1. The topological polar surface area (TPSA) is 113 Å². The number of nitrogens with one attached hydrogen (secondary N) is 2. The first-order valence-electron chi connectivity index (χ1n) is 11.3. The number of ether oxygens (including phenoxy) is 1. The van der Waals surface area contributed by atoms with Crippen molar-refractivity contribution in [1.82, 2.24) is 19.9 Å². The first-order chi connectivity index (χ1) is 16.2. The Balaban J connectivity index is 1.45. The molecule has 0 aliphatic heterocycles. The fourth-order valence-electron chi connectivity index (χ4n) is 3.61. The number of thioether (sulfide) groups is 1. The molecule has 0 unspecified atom stereocenters. The van der Waals surface area contributed by atoms with E-state index < -0.39 is 0 Å². The zero-order valence-corrected chi connectivity index (χ0v) is 19.2. The Bertz CT molecular complexity index is 1190. The molecule has 8 nitrogen and oxygen atoms in total. The Labute approximate surface area is 196 Å². The van der Waals surface area contributed by atoms with Crippen LogP contribution in [0, 0.1) is 17.2 Å². The van der Waals surface area contributed by atoms with Crippen molar-refractivity contribution in [2.24, 2.45) is 5.92 Å². The Hall–Kier alpha value is -3.25. The largest absolute Gasteiger partial charge is 0.493 e. The molecule has 1 aliphatic carbocycles. The molecule has 33 heavy (non-hydrogen) atoms. The molecule has 0 spiro atoms. The number of hydrogen-bond donors (Lipinski definition) is 2. The molecule has 0 bridgehead atoms. The highest BCUT2D eigenvalue weighted by Crippen LogP contribution is 2.28. The van der Waals surface area contributed by atoms with Crippen molar-refractivity contribution in [2.75, 3.05) is 18.9 Å². The van der Waals surface area contributed by atoms with Gasteiger partial charge in [0.05, 0.1) is 30.3 Å². The maximum absolute atomic E-state index is 13.2. The van der Waals surface area contributed by atoms with Crippen LogP contribution in [-0.2, 0) is 4.79 Å². The Morgan fingerprint density at radius 3 is 2.85 bits per heavy atom. The van der Waals surface area contributed by atoms with Gasteiger partial charge in [0.1, 0.15) is 11.3 Å². The van der Waals surface area contributed by atoms with Crippen LogP contribution in [0.2, 0.25) is 0 Å². The number of nitriles is 1. The van der Waals surface area contributed by atoms with Gasteiger partial charge < -0.3 is 15.0 Å². The average Bonchev–Trinajstić information content (AvgIpc) is 3.26. The summed E-state index contributed by atoms with van der Waals surface area (Å²) in [6.45, 7) is 1.11.